The number of nitrogens with zero attached hydrogens (tertiary/aromatic N) is 2. The molecule has 0 aromatic heterocycles. The summed E-state index contributed by atoms with van der Waals surface area (Å²) < 4.78 is 0. The molecule has 2 aromatic rings. The van der Waals surface area contributed by atoms with E-state index in [1.807, 2.05) is 4.90 Å². The summed E-state index contributed by atoms with van der Waals surface area (Å²) in [7, 11) is 0. The molecule has 0 spiro atoms. The SMILES string of the molecule is O=Cc1ccc(-c2ccc(C(=O)N3CCCC3)cc2)c([N+](=O)[O-])c1. The molecule has 1 aliphatic heterocycles. The molecule has 6 nitrogen and oxygen atoms in total. The first kappa shape index (κ1) is 15.9. The fourth-order valence-corrected chi connectivity index (χ4v) is 2.91. The van der Waals surface area contributed by atoms with Crippen LogP contribution in [0.25, 0.3) is 11.1 Å². The molecule has 1 aliphatic rings. The van der Waals surface area contributed by atoms with E-state index in [9.17, 15) is 19.7 Å². The molecule has 0 N–H and O–H groups in total. The summed E-state index contributed by atoms with van der Waals surface area (Å²) in [5, 5.41) is 11.2. The Morgan fingerprint density at radius 2 is 1.75 bits per heavy atom. The second-order valence-electron chi connectivity index (χ2n) is 5.73. The van der Waals surface area contributed by atoms with Crippen molar-refractivity contribution in [1.29, 1.82) is 0 Å². The normalized spacial score (nSPS) is 13.8. The van der Waals surface area contributed by atoms with Crippen LogP contribution in [0.15, 0.2) is 42.5 Å². The predicted octanol–water partition coefficient (Wildman–Crippen LogP) is 3.31. The van der Waals surface area contributed by atoms with Gasteiger partial charge in [0.05, 0.1) is 10.5 Å². The van der Waals surface area contributed by atoms with Crippen molar-refractivity contribution in [2.75, 3.05) is 13.1 Å². The zero-order valence-corrected chi connectivity index (χ0v) is 13.0. The third kappa shape index (κ3) is 3.03. The van der Waals surface area contributed by atoms with E-state index in [-0.39, 0.29) is 17.2 Å². The van der Waals surface area contributed by atoms with Gasteiger partial charge in [-0.05, 0) is 36.6 Å². The highest BCUT2D eigenvalue weighted by atomic mass is 16.6. The average Bonchev–Trinajstić information content (AvgIpc) is 3.15. The number of likely N-dealkylation sites (tertiary alicyclic amines) is 1. The van der Waals surface area contributed by atoms with Crippen LogP contribution < -0.4 is 0 Å². The number of benzene rings is 2. The molecule has 0 saturated carbocycles. The van der Waals surface area contributed by atoms with Gasteiger partial charge in [-0.1, -0.05) is 18.2 Å². The maximum atomic E-state index is 12.3. The van der Waals surface area contributed by atoms with Crippen molar-refractivity contribution in [2.24, 2.45) is 0 Å². The van der Waals surface area contributed by atoms with Gasteiger partial charge >= 0.3 is 0 Å². The van der Waals surface area contributed by atoms with Gasteiger partial charge in [0.2, 0.25) is 0 Å². The molecule has 1 amide bonds. The molecule has 0 bridgehead atoms. The van der Waals surface area contributed by atoms with Crippen LogP contribution in [0.5, 0.6) is 0 Å². The highest BCUT2D eigenvalue weighted by Gasteiger charge is 2.20. The minimum atomic E-state index is -0.508. The second-order valence-corrected chi connectivity index (χ2v) is 5.73. The van der Waals surface area contributed by atoms with E-state index < -0.39 is 4.92 Å². The van der Waals surface area contributed by atoms with Crippen LogP contribution in [0.2, 0.25) is 0 Å². The number of amides is 1. The number of nitro groups is 1. The number of aldehydes is 1. The molecule has 0 atom stereocenters. The maximum absolute atomic E-state index is 12.3. The van der Waals surface area contributed by atoms with Crippen molar-refractivity contribution in [3.8, 4) is 11.1 Å². The minimum absolute atomic E-state index is 0.00940. The monoisotopic (exact) mass is 324 g/mol. The van der Waals surface area contributed by atoms with Gasteiger partial charge < -0.3 is 4.90 Å². The van der Waals surface area contributed by atoms with Crippen LogP contribution in [0.1, 0.15) is 33.6 Å². The van der Waals surface area contributed by atoms with Crippen LogP contribution in [0, 0.1) is 10.1 Å². The first-order chi connectivity index (χ1) is 11.6. The fraction of sp³-hybridized carbons (Fsp3) is 0.222. The molecule has 1 heterocycles. The Kier molecular flexibility index (Phi) is 4.37. The third-order valence-electron chi connectivity index (χ3n) is 4.19. The molecule has 0 aliphatic carbocycles. The van der Waals surface area contributed by atoms with Crippen LogP contribution in [-0.2, 0) is 0 Å². The highest BCUT2D eigenvalue weighted by molar-refractivity contribution is 5.95. The van der Waals surface area contributed by atoms with Crippen molar-refractivity contribution in [2.45, 2.75) is 12.8 Å². The Balaban J connectivity index is 1.92. The van der Waals surface area contributed by atoms with Crippen LogP contribution in [0.3, 0.4) is 0 Å². The number of hydrogen-bond donors (Lipinski definition) is 0. The van der Waals surface area contributed by atoms with E-state index in [1.165, 1.54) is 6.07 Å². The van der Waals surface area contributed by atoms with E-state index in [0.717, 1.165) is 25.9 Å². The van der Waals surface area contributed by atoms with E-state index in [2.05, 4.69) is 0 Å². The zero-order valence-electron chi connectivity index (χ0n) is 13.0. The molecule has 3 rings (SSSR count). The molecule has 0 unspecified atom stereocenters. The van der Waals surface area contributed by atoms with Crippen LogP contribution in [0.4, 0.5) is 5.69 Å². The zero-order chi connectivity index (χ0) is 17.1. The van der Waals surface area contributed by atoms with Crippen molar-refractivity contribution >= 4 is 17.9 Å². The molecule has 24 heavy (non-hydrogen) atoms. The molecule has 122 valence electrons. The van der Waals surface area contributed by atoms with E-state index in [1.54, 1.807) is 36.4 Å². The summed E-state index contributed by atoms with van der Waals surface area (Å²) >= 11 is 0. The van der Waals surface area contributed by atoms with Crippen LogP contribution in [-0.4, -0.2) is 35.1 Å². The Morgan fingerprint density at radius 1 is 1.08 bits per heavy atom. The van der Waals surface area contributed by atoms with Crippen molar-refractivity contribution in [3.63, 3.8) is 0 Å². The lowest BCUT2D eigenvalue weighted by atomic mass is 10.0. The Labute approximate surface area is 138 Å². The first-order valence-corrected chi connectivity index (χ1v) is 7.73. The number of hydrogen-bond acceptors (Lipinski definition) is 4. The lowest BCUT2D eigenvalue weighted by Crippen LogP contribution is -2.27. The molecular formula is C18H16N2O4. The van der Waals surface area contributed by atoms with Gasteiger partial charge in [0.25, 0.3) is 11.6 Å². The van der Waals surface area contributed by atoms with Gasteiger partial charge in [-0.3, -0.25) is 19.7 Å². The standard InChI is InChI=1S/C18H16N2O4/c21-12-13-3-8-16(17(11-13)20(23)24)14-4-6-15(7-5-14)18(22)19-9-1-2-10-19/h3-8,11-12H,1-2,9-10H2. The lowest BCUT2D eigenvalue weighted by molar-refractivity contribution is -0.384. The fourth-order valence-electron chi connectivity index (χ4n) is 2.91. The van der Waals surface area contributed by atoms with Gasteiger partial charge in [0.15, 0.2) is 0 Å². The largest absolute Gasteiger partial charge is 0.339 e. The van der Waals surface area contributed by atoms with E-state index >= 15 is 0 Å². The summed E-state index contributed by atoms with van der Waals surface area (Å²) in [6.45, 7) is 1.55. The molecule has 1 fully saturated rings. The molecule has 1 saturated heterocycles. The van der Waals surface area contributed by atoms with E-state index in [0.29, 0.717) is 23.0 Å². The molecular weight excluding hydrogens is 308 g/mol. The average molecular weight is 324 g/mol. The quantitative estimate of drug-likeness (QED) is 0.491. The molecule has 6 heteroatoms. The topological polar surface area (TPSA) is 80.5 Å². The third-order valence-corrected chi connectivity index (χ3v) is 4.19. The maximum Gasteiger partial charge on any atom is 0.277 e. The minimum Gasteiger partial charge on any atom is -0.339 e. The summed E-state index contributed by atoms with van der Waals surface area (Å²) in [4.78, 5) is 35.7. The number of carbonyl (C=O) groups excluding carboxylic acids is 2. The summed E-state index contributed by atoms with van der Waals surface area (Å²) in [5.74, 6) is -0.00940. The van der Waals surface area contributed by atoms with Gasteiger partial charge in [0, 0.05) is 30.3 Å². The second kappa shape index (κ2) is 6.62. The molecule has 0 radical (unpaired) electrons. The Hall–Kier alpha value is -3.02. The Bertz CT molecular complexity index is 793. The summed E-state index contributed by atoms with van der Waals surface area (Å²) in [5.41, 5.74) is 1.76. The number of rotatable bonds is 4. The summed E-state index contributed by atoms with van der Waals surface area (Å²) in [6, 6.07) is 11.1. The van der Waals surface area contributed by atoms with Gasteiger partial charge in [-0.15, -0.1) is 0 Å². The number of nitro benzene ring substituents is 1. The lowest BCUT2D eigenvalue weighted by Gasteiger charge is -2.15. The van der Waals surface area contributed by atoms with Gasteiger partial charge in [-0.2, -0.15) is 0 Å². The van der Waals surface area contributed by atoms with Gasteiger partial charge in [-0.25, -0.2) is 0 Å². The smallest absolute Gasteiger partial charge is 0.277 e. The van der Waals surface area contributed by atoms with Crippen molar-refractivity contribution in [1.82, 2.24) is 4.90 Å². The van der Waals surface area contributed by atoms with Gasteiger partial charge in [0.1, 0.15) is 6.29 Å². The predicted molar refractivity (Wildman–Crippen MR) is 89.1 cm³/mol. The summed E-state index contributed by atoms with van der Waals surface area (Å²) in [6.07, 6.45) is 2.63. The Morgan fingerprint density at radius 3 is 2.33 bits per heavy atom. The highest BCUT2D eigenvalue weighted by Crippen LogP contribution is 2.31. The number of carbonyl (C=O) groups is 2. The van der Waals surface area contributed by atoms with Crippen LogP contribution >= 0.6 is 0 Å². The van der Waals surface area contributed by atoms with Crippen molar-refractivity contribution < 1.29 is 14.5 Å². The van der Waals surface area contributed by atoms with E-state index in [4.69, 9.17) is 0 Å². The van der Waals surface area contributed by atoms with Crippen molar-refractivity contribution in [3.05, 3.63) is 63.7 Å². The first-order valence-electron chi connectivity index (χ1n) is 7.73. The molecule has 2 aromatic carbocycles.